The molecule has 9 aromatic rings. The molecule has 0 saturated heterocycles. The normalized spacial score (nSPS) is 13.1. The van der Waals surface area contributed by atoms with Gasteiger partial charge in [0.05, 0.1) is 5.41 Å². The highest BCUT2D eigenvalue weighted by Crippen LogP contribution is 2.63. The third-order valence-corrected chi connectivity index (χ3v) is 11.0. The minimum Gasteiger partial charge on any atom is -0.457 e. The maximum absolute atomic E-state index is 6.68. The van der Waals surface area contributed by atoms with Crippen molar-refractivity contribution >= 4 is 10.8 Å². The lowest BCUT2D eigenvalue weighted by atomic mass is 9.66. The zero-order chi connectivity index (χ0) is 35.6. The number of hydrogen-bond acceptors (Lipinski definition) is 4. The first kappa shape index (κ1) is 30.5. The summed E-state index contributed by atoms with van der Waals surface area (Å²) in [5.74, 6) is 3.62. The number of ether oxygens (including phenoxy) is 1. The van der Waals surface area contributed by atoms with Crippen LogP contribution in [0.1, 0.15) is 22.3 Å². The molecule has 0 N–H and O–H groups in total. The van der Waals surface area contributed by atoms with E-state index in [1.807, 2.05) is 36.4 Å². The zero-order valence-corrected chi connectivity index (χ0v) is 29.1. The molecule has 1 aliphatic carbocycles. The molecule has 8 aromatic carbocycles. The fourth-order valence-corrected chi connectivity index (χ4v) is 8.71. The second-order valence-corrected chi connectivity index (χ2v) is 13.9. The van der Waals surface area contributed by atoms with Gasteiger partial charge in [-0.15, -0.1) is 0 Å². The quantitative estimate of drug-likeness (QED) is 0.185. The van der Waals surface area contributed by atoms with Crippen LogP contribution >= 0.6 is 0 Å². The van der Waals surface area contributed by atoms with Gasteiger partial charge in [0.25, 0.3) is 0 Å². The van der Waals surface area contributed by atoms with Crippen molar-refractivity contribution in [3.63, 3.8) is 0 Å². The highest BCUT2D eigenvalue weighted by molar-refractivity contribution is 6.00. The Morgan fingerprint density at radius 1 is 0.352 bits per heavy atom. The molecule has 1 spiro atoms. The van der Waals surface area contributed by atoms with Crippen molar-refractivity contribution in [3.05, 3.63) is 210 Å². The first-order valence-corrected chi connectivity index (χ1v) is 18.3. The van der Waals surface area contributed by atoms with Gasteiger partial charge in [0.15, 0.2) is 17.5 Å². The Balaban J connectivity index is 1.24. The van der Waals surface area contributed by atoms with Crippen LogP contribution in [-0.2, 0) is 5.41 Å². The van der Waals surface area contributed by atoms with E-state index in [2.05, 4.69) is 152 Å². The Labute approximate surface area is 313 Å². The lowest BCUT2D eigenvalue weighted by Crippen LogP contribution is -2.32. The topological polar surface area (TPSA) is 47.9 Å². The summed E-state index contributed by atoms with van der Waals surface area (Å²) in [4.78, 5) is 15.5. The van der Waals surface area contributed by atoms with E-state index in [0.717, 1.165) is 50.4 Å². The summed E-state index contributed by atoms with van der Waals surface area (Å²) >= 11 is 0. The molecule has 1 aromatic heterocycles. The lowest BCUT2D eigenvalue weighted by Gasteiger charge is -2.39. The Morgan fingerprint density at radius 3 is 1.59 bits per heavy atom. The van der Waals surface area contributed by atoms with Crippen molar-refractivity contribution < 1.29 is 4.74 Å². The van der Waals surface area contributed by atoms with E-state index < -0.39 is 5.41 Å². The fourth-order valence-electron chi connectivity index (χ4n) is 8.71. The van der Waals surface area contributed by atoms with Gasteiger partial charge in [0.2, 0.25) is 0 Å². The monoisotopic (exact) mass is 689 g/mol. The maximum atomic E-state index is 6.68. The third kappa shape index (κ3) is 4.47. The standard InChI is InChI=1S/C50H31N3O/c1-3-16-33(17-4-1)47-51-48(34-18-5-2-6-19-34)53-49(52-47)39-23-14-26-42-46(39)38-30-29-35(37-22-13-20-32-15-7-8-21-36(32)37)31-43(38)50(42)40-24-9-11-27-44(40)54-45-28-12-10-25-41(45)50/h1-31H. The van der Waals surface area contributed by atoms with E-state index in [-0.39, 0.29) is 0 Å². The van der Waals surface area contributed by atoms with E-state index >= 15 is 0 Å². The van der Waals surface area contributed by atoms with Gasteiger partial charge < -0.3 is 4.74 Å². The molecule has 0 fully saturated rings. The average molecular weight is 690 g/mol. The molecule has 0 unspecified atom stereocenters. The number of benzene rings is 8. The first-order valence-electron chi connectivity index (χ1n) is 18.3. The molecule has 2 aliphatic rings. The molecule has 0 radical (unpaired) electrons. The van der Waals surface area contributed by atoms with E-state index in [0.29, 0.717) is 17.5 Å². The maximum Gasteiger partial charge on any atom is 0.164 e. The first-order chi connectivity index (χ1) is 26.8. The Kier molecular flexibility index (Phi) is 6.73. The van der Waals surface area contributed by atoms with Gasteiger partial charge in [-0.05, 0) is 62.4 Å². The molecule has 2 heterocycles. The average Bonchev–Trinajstić information content (AvgIpc) is 3.54. The number of hydrogen-bond donors (Lipinski definition) is 0. The zero-order valence-electron chi connectivity index (χ0n) is 29.1. The molecule has 4 heteroatoms. The predicted octanol–water partition coefficient (Wildman–Crippen LogP) is 12.2. The van der Waals surface area contributed by atoms with Crippen LogP contribution in [0.15, 0.2) is 188 Å². The number of rotatable bonds is 4. The molecule has 1 aliphatic heterocycles. The van der Waals surface area contributed by atoms with E-state index in [9.17, 15) is 0 Å². The van der Waals surface area contributed by atoms with Crippen LogP contribution in [0.4, 0.5) is 0 Å². The lowest BCUT2D eigenvalue weighted by molar-refractivity contribution is 0.436. The van der Waals surface area contributed by atoms with Crippen LogP contribution in [0.2, 0.25) is 0 Å². The number of fused-ring (bicyclic) bond motifs is 10. The summed E-state index contributed by atoms with van der Waals surface area (Å²) in [5.41, 5.74) is 11.4. The van der Waals surface area contributed by atoms with Gasteiger partial charge in [-0.3, -0.25) is 0 Å². The van der Waals surface area contributed by atoms with Crippen molar-refractivity contribution in [2.45, 2.75) is 5.41 Å². The summed E-state index contributed by atoms with van der Waals surface area (Å²) in [5, 5.41) is 2.45. The van der Waals surface area contributed by atoms with Crippen molar-refractivity contribution in [3.8, 4) is 67.9 Å². The van der Waals surface area contributed by atoms with Gasteiger partial charge in [-0.25, -0.2) is 15.0 Å². The number of aromatic nitrogens is 3. The summed E-state index contributed by atoms with van der Waals surface area (Å²) in [7, 11) is 0. The van der Waals surface area contributed by atoms with Gasteiger partial charge in [-0.1, -0.05) is 170 Å². The van der Waals surface area contributed by atoms with Crippen LogP contribution in [0.25, 0.3) is 67.2 Å². The minimum atomic E-state index is -0.662. The fraction of sp³-hybridized carbons (Fsp3) is 0.0200. The van der Waals surface area contributed by atoms with Crippen molar-refractivity contribution in [1.82, 2.24) is 15.0 Å². The molecule has 0 atom stereocenters. The molecule has 0 saturated carbocycles. The molecular weight excluding hydrogens is 659 g/mol. The third-order valence-electron chi connectivity index (χ3n) is 11.0. The van der Waals surface area contributed by atoms with Crippen LogP contribution in [0, 0.1) is 0 Å². The molecule has 252 valence electrons. The summed E-state index contributed by atoms with van der Waals surface area (Å²) in [6.45, 7) is 0. The van der Waals surface area contributed by atoms with Crippen molar-refractivity contribution in [1.29, 1.82) is 0 Å². The minimum absolute atomic E-state index is 0.634. The Morgan fingerprint density at radius 2 is 0.889 bits per heavy atom. The van der Waals surface area contributed by atoms with Crippen LogP contribution in [0.5, 0.6) is 11.5 Å². The van der Waals surface area contributed by atoms with Gasteiger partial charge in [-0.2, -0.15) is 0 Å². The summed E-state index contributed by atoms with van der Waals surface area (Å²) in [6, 6.07) is 66.1. The van der Waals surface area contributed by atoms with Gasteiger partial charge in [0, 0.05) is 27.8 Å². The molecule has 0 amide bonds. The molecule has 4 nitrogen and oxygen atoms in total. The second kappa shape index (κ2) is 11.9. The predicted molar refractivity (Wildman–Crippen MR) is 216 cm³/mol. The van der Waals surface area contributed by atoms with Crippen LogP contribution in [-0.4, -0.2) is 15.0 Å². The number of nitrogens with zero attached hydrogens (tertiary/aromatic N) is 3. The van der Waals surface area contributed by atoms with E-state index in [1.165, 1.54) is 33.0 Å². The molecule has 54 heavy (non-hydrogen) atoms. The Bertz CT molecular complexity index is 2810. The highest BCUT2D eigenvalue weighted by Gasteiger charge is 2.52. The molecular formula is C50H31N3O. The summed E-state index contributed by atoms with van der Waals surface area (Å²) in [6.07, 6.45) is 0. The molecule has 0 bridgehead atoms. The highest BCUT2D eigenvalue weighted by atomic mass is 16.5. The van der Waals surface area contributed by atoms with Crippen LogP contribution < -0.4 is 4.74 Å². The molecule has 11 rings (SSSR count). The van der Waals surface area contributed by atoms with Crippen LogP contribution in [0.3, 0.4) is 0 Å². The van der Waals surface area contributed by atoms with Crippen molar-refractivity contribution in [2.24, 2.45) is 0 Å². The number of para-hydroxylation sites is 2. The largest absolute Gasteiger partial charge is 0.457 e. The van der Waals surface area contributed by atoms with E-state index in [1.54, 1.807) is 0 Å². The second-order valence-electron chi connectivity index (χ2n) is 13.9. The van der Waals surface area contributed by atoms with Crippen molar-refractivity contribution in [2.75, 3.05) is 0 Å². The summed E-state index contributed by atoms with van der Waals surface area (Å²) < 4.78 is 6.68. The van der Waals surface area contributed by atoms with Gasteiger partial charge >= 0.3 is 0 Å². The smallest absolute Gasteiger partial charge is 0.164 e. The Hall–Kier alpha value is -7.17. The van der Waals surface area contributed by atoms with E-state index in [4.69, 9.17) is 19.7 Å². The SMILES string of the molecule is c1ccc(-c2nc(-c3ccccc3)nc(-c3cccc4c3-c3ccc(-c5cccc6ccccc56)cc3C43c4ccccc4Oc4ccccc43)n2)cc1. The van der Waals surface area contributed by atoms with Gasteiger partial charge in [0.1, 0.15) is 11.5 Å².